The molecule has 0 aromatic carbocycles. The maximum absolute atomic E-state index is 12.4. The number of likely N-dealkylation sites (tertiary alicyclic amines) is 1. The third kappa shape index (κ3) is 4.23. The molecule has 1 N–H and O–H groups in total. The lowest BCUT2D eigenvalue weighted by molar-refractivity contribution is -0.0604. The number of carbonyl (C=O) groups is 1. The SMILES string of the molecule is COC(=O)N1CCC(NCC2CC(C(F)(F)F)=NO2)CC1. The molecule has 2 heterocycles. The second kappa shape index (κ2) is 6.50. The largest absolute Gasteiger partial charge is 0.453 e. The molecule has 2 aliphatic heterocycles. The lowest BCUT2D eigenvalue weighted by Gasteiger charge is -2.31. The smallest absolute Gasteiger partial charge is 0.432 e. The van der Waals surface area contributed by atoms with Crippen LogP contribution >= 0.6 is 0 Å². The van der Waals surface area contributed by atoms with E-state index in [0.29, 0.717) is 19.6 Å². The molecule has 0 saturated carbocycles. The molecular weight excluding hydrogens is 291 g/mol. The quantitative estimate of drug-likeness (QED) is 0.858. The lowest BCUT2D eigenvalue weighted by atomic mass is 10.0. The zero-order valence-corrected chi connectivity index (χ0v) is 11.7. The van der Waals surface area contributed by atoms with Gasteiger partial charge < -0.3 is 19.8 Å². The predicted molar refractivity (Wildman–Crippen MR) is 68.0 cm³/mol. The molecule has 120 valence electrons. The summed E-state index contributed by atoms with van der Waals surface area (Å²) in [6.07, 6.45) is -4.11. The topological polar surface area (TPSA) is 63.2 Å². The van der Waals surface area contributed by atoms with E-state index in [9.17, 15) is 18.0 Å². The Morgan fingerprint density at radius 1 is 1.48 bits per heavy atom. The number of nitrogens with one attached hydrogen (secondary N) is 1. The van der Waals surface area contributed by atoms with Crippen molar-refractivity contribution >= 4 is 11.8 Å². The number of methoxy groups -OCH3 is 1. The third-order valence-corrected chi connectivity index (χ3v) is 3.62. The van der Waals surface area contributed by atoms with Gasteiger partial charge in [-0.1, -0.05) is 5.16 Å². The van der Waals surface area contributed by atoms with Gasteiger partial charge in [-0.25, -0.2) is 4.79 Å². The second-order valence-corrected chi connectivity index (χ2v) is 5.11. The van der Waals surface area contributed by atoms with Gasteiger partial charge in [0.25, 0.3) is 0 Å². The van der Waals surface area contributed by atoms with Crippen LogP contribution in [-0.2, 0) is 9.57 Å². The molecule has 0 bridgehead atoms. The fourth-order valence-electron chi connectivity index (χ4n) is 2.40. The van der Waals surface area contributed by atoms with Gasteiger partial charge in [-0.05, 0) is 12.8 Å². The van der Waals surface area contributed by atoms with Gasteiger partial charge in [0.15, 0.2) is 5.71 Å². The van der Waals surface area contributed by atoms with Gasteiger partial charge in [-0.3, -0.25) is 0 Å². The first-order valence-electron chi connectivity index (χ1n) is 6.76. The Morgan fingerprint density at radius 2 is 2.14 bits per heavy atom. The van der Waals surface area contributed by atoms with Crippen molar-refractivity contribution in [3.05, 3.63) is 0 Å². The molecular formula is C12H18F3N3O3. The van der Waals surface area contributed by atoms with E-state index in [1.165, 1.54) is 7.11 Å². The predicted octanol–water partition coefficient (Wildman–Crippen LogP) is 1.51. The molecule has 0 aromatic heterocycles. The normalized spacial score (nSPS) is 23.7. The van der Waals surface area contributed by atoms with Crippen molar-refractivity contribution in [1.82, 2.24) is 10.2 Å². The number of halogens is 3. The Morgan fingerprint density at radius 3 is 2.67 bits per heavy atom. The van der Waals surface area contributed by atoms with Crippen molar-refractivity contribution in [3.63, 3.8) is 0 Å². The van der Waals surface area contributed by atoms with Crippen LogP contribution in [-0.4, -0.2) is 61.8 Å². The highest BCUT2D eigenvalue weighted by Crippen LogP contribution is 2.25. The summed E-state index contributed by atoms with van der Waals surface area (Å²) in [6, 6.07) is 0.157. The Hall–Kier alpha value is -1.51. The fourth-order valence-corrected chi connectivity index (χ4v) is 2.40. The van der Waals surface area contributed by atoms with Crippen LogP contribution in [0.25, 0.3) is 0 Å². The Labute approximate surface area is 120 Å². The fraction of sp³-hybridized carbons (Fsp3) is 0.833. The summed E-state index contributed by atoms with van der Waals surface area (Å²) in [5, 5.41) is 6.25. The third-order valence-electron chi connectivity index (χ3n) is 3.62. The van der Waals surface area contributed by atoms with Gasteiger partial charge in [-0.2, -0.15) is 13.2 Å². The summed E-state index contributed by atoms with van der Waals surface area (Å²) < 4.78 is 41.8. The highest BCUT2D eigenvalue weighted by atomic mass is 19.4. The summed E-state index contributed by atoms with van der Waals surface area (Å²) >= 11 is 0. The average Bonchev–Trinajstić information content (AvgIpc) is 2.94. The van der Waals surface area contributed by atoms with Gasteiger partial charge in [0.1, 0.15) is 6.10 Å². The Kier molecular flexibility index (Phi) is 4.92. The molecule has 2 rings (SSSR count). The second-order valence-electron chi connectivity index (χ2n) is 5.11. The monoisotopic (exact) mass is 309 g/mol. The number of hydrogen-bond acceptors (Lipinski definition) is 5. The summed E-state index contributed by atoms with van der Waals surface area (Å²) in [7, 11) is 1.34. The van der Waals surface area contributed by atoms with Crippen LogP contribution in [0.5, 0.6) is 0 Å². The van der Waals surface area contributed by atoms with Crippen molar-refractivity contribution in [2.24, 2.45) is 5.16 Å². The van der Waals surface area contributed by atoms with E-state index in [-0.39, 0.29) is 18.6 Å². The Balaban J connectivity index is 1.66. The molecule has 6 nitrogen and oxygen atoms in total. The van der Waals surface area contributed by atoms with Gasteiger partial charge in [0, 0.05) is 32.1 Å². The van der Waals surface area contributed by atoms with Crippen LogP contribution in [0.3, 0.4) is 0 Å². The molecule has 1 atom stereocenters. The van der Waals surface area contributed by atoms with Crippen LogP contribution in [0.1, 0.15) is 19.3 Å². The molecule has 21 heavy (non-hydrogen) atoms. The summed E-state index contributed by atoms with van der Waals surface area (Å²) in [5.41, 5.74) is -0.866. The molecule has 1 saturated heterocycles. The van der Waals surface area contributed by atoms with E-state index in [0.717, 1.165) is 12.8 Å². The van der Waals surface area contributed by atoms with Crippen LogP contribution < -0.4 is 5.32 Å². The van der Waals surface area contributed by atoms with Gasteiger partial charge in [0.05, 0.1) is 7.11 Å². The van der Waals surface area contributed by atoms with Gasteiger partial charge in [0.2, 0.25) is 0 Å². The molecule has 0 radical (unpaired) electrons. The van der Waals surface area contributed by atoms with Crippen LogP contribution in [0.2, 0.25) is 0 Å². The Bertz CT molecular complexity index is 406. The number of nitrogens with zero attached hydrogens (tertiary/aromatic N) is 2. The zero-order valence-electron chi connectivity index (χ0n) is 11.7. The van der Waals surface area contributed by atoms with E-state index in [2.05, 4.69) is 15.2 Å². The molecule has 1 unspecified atom stereocenters. The molecule has 0 aliphatic carbocycles. The van der Waals surface area contributed by atoms with E-state index >= 15 is 0 Å². The highest BCUT2D eigenvalue weighted by molar-refractivity contribution is 5.90. The first-order chi connectivity index (χ1) is 9.90. The van der Waals surface area contributed by atoms with Crippen LogP contribution in [0.4, 0.5) is 18.0 Å². The minimum absolute atomic E-state index is 0.157. The molecule has 0 aromatic rings. The highest BCUT2D eigenvalue weighted by Gasteiger charge is 2.41. The number of amides is 1. The lowest BCUT2D eigenvalue weighted by Crippen LogP contribution is -2.46. The number of oxime groups is 1. The molecule has 2 aliphatic rings. The summed E-state index contributed by atoms with van der Waals surface area (Å²) in [6.45, 7) is 1.45. The molecule has 9 heteroatoms. The van der Waals surface area contributed by atoms with E-state index in [4.69, 9.17) is 4.84 Å². The van der Waals surface area contributed by atoms with Gasteiger partial charge in [-0.15, -0.1) is 0 Å². The van der Waals surface area contributed by atoms with Crippen molar-refractivity contribution in [2.75, 3.05) is 26.7 Å². The first-order valence-corrected chi connectivity index (χ1v) is 6.76. The maximum Gasteiger partial charge on any atom is 0.432 e. The number of hydrogen-bond donors (Lipinski definition) is 1. The number of alkyl halides is 3. The molecule has 1 fully saturated rings. The van der Waals surface area contributed by atoms with E-state index < -0.39 is 18.0 Å². The van der Waals surface area contributed by atoms with Crippen molar-refractivity contribution < 1.29 is 27.5 Å². The van der Waals surface area contributed by atoms with E-state index in [1.54, 1.807) is 4.90 Å². The standard InChI is InChI=1S/C12H18F3N3O3/c1-20-11(19)18-4-2-8(3-5-18)16-7-9-6-10(17-21-9)12(13,14)15/h8-9,16H,2-7H2,1H3. The number of carbonyl (C=O) groups excluding carboxylic acids is 1. The summed E-state index contributed by atoms with van der Waals surface area (Å²) in [5.74, 6) is 0. The number of piperidine rings is 1. The van der Waals surface area contributed by atoms with Crippen molar-refractivity contribution in [1.29, 1.82) is 0 Å². The zero-order chi connectivity index (χ0) is 15.5. The first kappa shape index (κ1) is 15.9. The average molecular weight is 309 g/mol. The summed E-state index contributed by atoms with van der Waals surface area (Å²) in [4.78, 5) is 17.7. The molecule has 1 amide bonds. The van der Waals surface area contributed by atoms with Gasteiger partial charge >= 0.3 is 12.3 Å². The van der Waals surface area contributed by atoms with Crippen LogP contribution in [0.15, 0.2) is 5.16 Å². The maximum atomic E-state index is 12.4. The number of rotatable bonds is 3. The minimum atomic E-state index is -4.42. The van der Waals surface area contributed by atoms with Crippen LogP contribution in [0, 0.1) is 0 Å². The van der Waals surface area contributed by atoms with Crippen molar-refractivity contribution in [2.45, 2.75) is 37.6 Å². The number of ether oxygens (including phenoxy) is 1. The van der Waals surface area contributed by atoms with Crippen molar-refractivity contribution in [3.8, 4) is 0 Å². The molecule has 0 spiro atoms. The van der Waals surface area contributed by atoms with E-state index in [1.807, 2.05) is 0 Å². The minimum Gasteiger partial charge on any atom is -0.453 e.